The molecule has 0 radical (unpaired) electrons. The average Bonchev–Trinajstić information content (AvgIpc) is 2.72. The molecule has 1 heterocycles. The first-order valence-electron chi connectivity index (χ1n) is 4.99. The molecular formula is C11H11ClN4O. The highest BCUT2D eigenvalue weighted by Crippen LogP contribution is 2.15. The average molecular weight is 251 g/mol. The number of rotatable bonds is 3. The van der Waals surface area contributed by atoms with Crippen LogP contribution in [0.15, 0.2) is 30.5 Å². The third-order valence-electron chi connectivity index (χ3n) is 2.31. The molecule has 0 aliphatic carbocycles. The quantitative estimate of drug-likeness (QED) is 0.773. The van der Waals surface area contributed by atoms with E-state index in [1.54, 1.807) is 30.5 Å². The van der Waals surface area contributed by atoms with E-state index in [9.17, 15) is 4.79 Å². The number of nitrogens with zero attached hydrogens (tertiary/aromatic N) is 1. The summed E-state index contributed by atoms with van der Waals surface area (Å²) in [5.41, 5.74) is 6.78. The molecule has 0 unspecified atom stereocenters. The van der Waals surface area contributed by atoms with Gasteiger partial charge in [-0.2, -0.15) is 5.10 Å². The van der Waals surface area contributed by atoms with Crippen molar-refractivity contribution in [3.05, 3.63) is 46.6 Å². The number of aromatic amines is 1. The van der Waals surface area contributed by atoms with Crippen molar-refractivity contribution in [1.29, 1.82) is 0 Å². The van der Waals surface area contributed by atoms with Crippen LogP contribution in [0.1, 0.15) is 15.9 Å². The maximum absolute atomic E-state index is 11.8. The Hall–Kier alpha value is -2.01. The van der Waals surface area contributed by atoms with Gasteiger partial charge >= 0.3 is 0 Å². The molecule has 4 N–H and O–H groups in total. The standard InChI is InChI=1S/C11H11ClN4O/c12-9-4-2-1-3-8(9)11(17)14-5-7-6-15-16-10(7)13/h1-4,6H,5H2,(H,14,17)(H3,13,15,16). The number of halogens is 1. The number of carbonyl (C=O) groups excluding carboxylic acids is 1. The molecule has 0 aliphatic heterocycles. The Morgan fingerprint density at radius 2 is 2.24 bits per heavy atom. The van der Waals surface area contributed by atoms with Crippen LogP contribution in [0, 0.1) is 0 Å². The number of carbonyl (C=O) groups is 1. The molecule has 0 aliphatic rings. The van der Waals surface area contributed by atoms with E-state index in [0.717, 1.165) is 5.56 Å². The van der Waals surface area contributed by atoms with Crippen molar-refractivity contribution in [3.8, 4) is 0 Å². The number of aromatic nitrogens is 2. The van der Waals surface area contributed by atoms with Crippen LogP contribution < -0.4 is 11.1 Å². The van der Waals surface area contributed by atoms with Crippen LogP contribution in [-0.4, -0.2) is 16.1 Å². The van der Waals surface area contributed by atoms with Crippen molar-refractivity contribution >= 4 is 23.3 Å². The number of hydrogen-bond acceptors (Lipinski definition) is 3. The molecule has 1 aromatic heterocycles. The van der Waals surface area contributed by atoms with E-state index in [0.29, 0.717) is 22.9 Å². The van der Waals surface area contributed by atoms with Crippen molar-refractivity contribution in [2.75, 3.05) is 5.73 Å². The number of hydrogen-bond donors (Lipinski definition) is 3. The molecule has 88 valence electrons. The van der Waals surface area contributed by atoms with Gasteiger partial charge in [0.2, 0.25) is 0 Å². The number of benzene rings is 1. The molecule has 0 saturated heterocycles. The highest BCUT2D eigenvalue weighted by Gasteiger charge is 2.10. The molecule has 0 fully saturated rings. The van der Waals surface area contributed by atoms with Crippen LogP contribution in [0.3, 0.4) is 0 Å². The minimum absolute atomic E-state index is 0.240. The summed E-state index contributed by atoms with van der Waals surface area (Å²) in [5.74, 6) is 0.209. The van der Waals surface area contributed by atoms with Gasteiger partial charge in [0.25, 0.3) is 5.91 Å². The number of anilines is 1. The highest BCUT2D eigenvalue weighted by atomic mass is 35.5. The minimum atomic E-state index is -0.240. The summed E-state index contributed by atoms with van der Waals surface area (Å²) in [4.78, 5) is 11.8. The van der Waals surface area contributed by atoms with Crippen LogP contribution in [-0.2, 0) is 6.54 Å². The number of nitrogen functional groups attached to an aromatic ring is 1. The van der Waals surface area contributed by atoms with Gasteiger partial charge in [-0.1, -0.05) is 23.7 Å². The van der Waals surface area contributed by atoms with Crippen molar-refractivity contribution in [1.82, 2.24) is 15.5 Å². The molecule has 1 aromatic carbocycles. The monoisotopic (exact) mass is 250 g/mol. The number of amides is 1. The number of H-pyrrole nitrogens is 1. The molecule has 1 amide bonds. The second kappa shape index (κ2) is 4.88. The van der Waals surface area contributed by atoms with Gasteiger partial charge in [0.15, 0.2) is 0 Å². The summed E-state index contributed by atoms with van der Waals surface area (Å²) in [5, 5.41) is 9.50. The molecule has 17 heavy (non-hydrogen) atoms. The van der Waals surface area contributed by atoms with Crippen LogP contribution in [0.2, 0.25) is 5.02 Å². The zero-order valence-electron chi connectivity index (χ0n) is 8.90. The molecule has 0 spiro atoms. The number of nitrogens with one attached hydrogen (secondary N) is 2. The Bertz CT molecular complexity index is 538. The van der Waals surface area contributed by atoms with Gasteiger partial charge < -0.3 is 11.1 Å². The maximum Gasteiger partial charge on any atom is 0.253 e. The van der Waals surface area contributed by atoms with Gasteiger partial charge in [-0.3, -0.25) is 9.89 Å². The van der Waals surface area contributed by atoms with Crippen molar-refractivity contribution in [3.63, 3.8) is 0 Å². The predicted octanol–water partition coefficient (Wildman–Crippen LogP) is 1.58. The molecule has 2 rings (SSSR count). The lowest BCUT2D eigenvalue weighted by Crippen LogP contribution is -2.23. The maximum atomic E-state index is 11.8. The molecular weight excluding hydrogens is 240 g/mol. The second-order valence-electron chi connectivity index (χ2n) is 3.47. The van der Waals surface area contributed by atoms with Gasteiger partial charge in [-0.05, 0) is 12.1 Å². The van der Waals surface area contributed by atoms with Crippen LogP contribution in [0.25, 0.3) is 0 Å². The Labute approximate surface area is 103 Å². The third kappa shape index (κ3) is 2.57. The largest absolute Gasteiger partial charge is 0.384 e. The first-order chi connectivity index (χ1) is 8.18. The summed E-state index contributed by atoms with van der Waals surface area (Å²) < 4.78 is 0. The van der Waals surface area contributed by atoms with E-state index < -0.39 is 0 Å². The molecule has 0 atom stereocenters. The van der Waals surface area contributed by atoms with E-state index in [1.807, 2.05) is 0 Å². The van der Waals surface area contributed by atoms with Gasteiger partial charge in [-0.15, -0.1) is 0 Å². The highest BCUT2D eigenvalue weighted by molar-refractivity contribution is 6.33. The summed E-state index contributed by atoms with van der Waals surface area (Å²) in [6.07, 6.45) is 1.57. The first kappa shape index (κ1) is 11.5. The van der Waals surface area contributed by atoms with Gasteiger partial charge in [0.05, 0.1) is 16.8 Å². The lowest BCUT2D eigenvalue weighted by atomic mass is 10.2. The lowest BCUT2D eigenvalue weighted by Gasteiger charge is -2.05. The minimum Gasteiger partial charge on any atom is -0.384 e. The van der Waals surface area contributed by atoms with Crippen LogP contribution >= 0.6 is 11.6 Å². The van der Waals surface area contributed by atoms with Crippen molar-refractivity contribution in [2.24, 2.45) is 0 Å². The predicted molar refractivity (Wildman–Crippen MR) is 65.6 cm³/mol. The summed E-state index contributed by atoms with van der Waals surface area (Å²) in [7, 11) is 0. The second-order valence-corrected chi connectivity index (χ2v) is 3.88. The fraction of sp³-hybridized carbons (Fsp3) is 0.0909. The first-order valence-corrected chi connectivity index (χ1v) is 5.36. The van der Waals surface area contributed by atoms with Crippen LogP contribution in [0.5, 0.6) is 0 Å². The summed E-state index contributed by atoms with van der Waals surface area (Å²) in [6, 6.07) is 6.86. The van der Waals surface area contributed by atoms with E-state index in [-0.39, 0.29) is 5.91 Å². The smallest absolute Gasteiger partial charge is 0.253 e. The van der Waals surface area contributed by atoms with Gasteiger partial charge in [0.1, 0.15) is 5.82 Å². The summed E-state index contributed by atoms with van der Waals surface area (Å²) in [6.45, 7) is 0.312. The zero-order chi connectivity index (χ0) is 12.3. The lowest BCUT2D eigenvalue weighted by molar-refractivity contribution is 0.0951. The molecule has 0 saturated carbocycles. The zero-order valence-corrected chi connectivity index (χ0v) is 9.66. The van der Waals surface area contributed by atoms with Gasteiger partial charge in [0, 0.05) is 12.1 Å². The van der Waals surface area contributed by atoms with Crippen LogP contribution in [0.4, 0.5) is 5.82 Å². The van der Waals surface area contributed by atoms with Crippen molar-refractivity contribution < 1.29 is 4.79 Å². The molecule has 2 aromatic rings. The Morgan fingerprint density at radius 1 is 1.47 bits per heavy atom. The van der Waals surface area contributed by atoms with E-state index >= 15 is 0 Å². The van der Waals surface area contributed by atoms with Gasteiger partial charge in [-0.25, -0.2) is 0 Å². The summed E-state index contributed by atoms with van der Waals surface area (Å²) >= 11 is 5.91. The Morgan fingerprint density at radius 3 is 2.88 bits per heavy atom. The molecule has 0 bridgehead atoms. The topological polar surface area (TPSA) is 83.8 Å². The third-order valence-corrected chi connectivity index (χ3v) is 2.64. The fourth-order valence-electron chi connectivity index (χ4n) is 1.38. The van der Waals surface area contributed by atoms with E-state index in [2.05, 4.69) is 15.5 Å². The Kier molecular flexibility index (Phi) is 3.30. The molecule has 5 nitrogen and oxygen atoms in total. The number of nitrogens with two attached hydrogens (primary N) is 1. The Balaban J connectivity index is 2.04. The fourth-order valence-corrected chi connectivity index (χ4v) is 1.60. The van der Waals surface area contributed by atoms with Crippen molar-refractivity contribution in [2.45, 2.75) is 6.54 Å². The molecule has 6 heteroatoms. The van der Waals surface area contributed by atoms with E-state index in [1.165, 1.54) is 0 Å². The normalized spacial score (nSPS) is 10.2. The SMILES string of the molecule is Nc1[nH]ncc1CNC(=O)c1ccccc1Cl. The van der Waals surface area contributed by atoms with E-state index in [4.69, 9.17) is 17.3 Å².